The smallest absolute Gasteiger partial charge is 0.151 e. The number of aromatic amines is 1. The molecule has 6 heteroatoms. The van der Waals surface area contributed by atoms with E-state index in [4.69, 9.17) is 0 Å². The van der Waals surface area contributed by atoms with Gasteiger partial charge in [0.05, 0.1) is 11.2 Å². The van der Waals surface area contributed by atoms with Crippen LogP contribution in [0.4, 0.5) is 0 Å². The number of H-pyrrole nitrogens is 1. The molecule has 2 aromatic heterocycles. The lowest BCUT2D eigenvalue weighted by atomic mass is 10.3. The summed E-state index contributed by atoms with van der Waals surface area (Å²) >= 11 is 1.69. The number of rotatable bonds is 5. The van der Waals surface area contributed by atoms with Crippen LogP contribution < -0.4 is 5.32 Å². The Kier molecular flexibility index (Phi) is 3.63. The number of aromatic nitrogens is 4. The lowest BCUT2D eigenvalue weighted by Crippen LogP contribution is -2.17. The van der Waals surface area contributed by atoms with E-state index in [1.54, 1.807) is 11.3 Å². The average Bonchev–Trinajstić information content (AvgIpc) is 2.83. The van der Waals surface area contributed by atoms with E-state index in [1.165, 1.54) is 4.88 Å². The molecule has 0 fully saturated rings. The molecule has 0 unspecified atom stereocenters. The summed E-state index contributed by atoms with van der Waals surface area (Å²) in [6, 6.07) is 0. The van der Waals surface area contributed by atoms with Crippen molar-refractivity contribution in [3.63, 3.8) is 0 Å². The number of nitrogens with one attached hydrogen (secondary N) is 2. The number of nitrogens with zero attached hydrogens (tertiary/aromatic N) is 3. The van der Waals surface area contributed by atoms with Crippen LogP contribution in [-0.4, -0.2) is 26.7 Å². The summed E-state index contributed by atoms with van der Waals surface area (Å²) in [4.78, 5) is 9.75. The fraction of sp³-hybridized carbons (Fsp3) is 0.500. The molecule has 0 aliphatic heterocycles. The first-order valence-electron chi connectivity index (χ1n) is 5.23. The second kappa shape index (κ2) is 5.18. The zero-order chi connectivity index (χ0) is 11.4. The van der Waals surface area contributed by atoms with Gasteiger partial charge in [0, 0.05) is 24.4 Å². The van der Waals surface area contributed by atoms with Gasteiger partial charge in [-0.1, -0.05) is 0 Å². The summed E-state index contributed by atoms with van der Waals surface area (Å²) in [5.74, 6) is 1.74. The average molecular weight is 237 g/mol. The predicted octanol–water partition coefficient (Wildman–Crippen LogP) is 1.21. The van der Waals surface area contributed by atoms with Crippen molar-refractivity contribution in [1.82, 2.24) is 25.5 Å². The van der Waals surface area contributed by atoms with Crippen molar-refractivity contribution in [2.24, 2.45) is 0 Å². The highest BCUT2D eigenvalue weighted by atomic mass is 32.1. The van der Waals surface area contributed by atoms with E-state index in [0.717, 1.165) is 36.9 Å². The third-order valence-corrected chi connectivity index (χ3v) is 3.23. The van der Waals surface area contributed by atoms with Crippen LogP contribution >= 0.6 is 11.3 Å². The Morgan fingerprint density at radius 2 is 2.31 bits per heavy atom. The quantitative estimate of drug-likeness (QED) is 0.767. The Balaban J connectivity index is 1.71. The van der Waals surface area contributed by atoms with Crippen molar-refractivity contribution in [2.45, 2.75) is 26.8 Å². The van der Waals surface area contributed by atoms with Gasteiger partial charge in [0.2, 0.25) is 0 Å². The van der Waals surface area contributed by atoms with E-state index >= 15 is 0 Å². The maximum atomic E-state index is 4.25. The molecule has 86 valence electrons. The van der Waals surface area contributed by atoms with Crippen molar-refractivity contribution in [3.05, 3.63) is 27.7 Å². The second-order valence-corrected chi connectivity index (χ2v) is 4.56. The molecular formula is C10H15N5S. The van der Waals surface area contributed by atoms with Crippen LogP contribution in [0, 0.1) is 13.8 Å². The molecule has 0 amide bonds. The summed E-state index contributed by atoms with van der Waals surface area (Å²) < 4.78 is 0. The molecule has 0 bridgehead atoms. The highest BCUT2D eigenvalue weighted by molar-refractivity contribution is 7.09. The molecule has 5 nitrogen and oxygen atoms in total. The SMILES string of the molecule is Cc1nc(CCNCc2scnc2C)n[nH]1. The van der Waals surface area contributed by atoms with Crippen LogP contribution in [0.2, 0.25) is 0 Å². The highest BCUT2D eigenvalue weighted by Crippen LogP contribution is 2.10. The minimum absolute atomic E-state index is 0.849. The molecule has 0 atom stereocenters. The maximum absolute atomic E-state index is 4.25. The van der Waals surface area contributed by atoms with Gasteiger partial charge in [0.1, 0.15) is 5.82 Å². The predicted molar refractivity (Wildman–Crippen MR) is 63.4 cm³/mol. The van der Waals surface area contributed by atoms with Gasteiger partial charge >= 0.3 is 0 Å². The summed E-state index contributed by atoms with van der Waals surface area (Å²) in [6.07, 6.45) is 0.849. The summed E-state index contributed by atoms with van der Waals surface area (Å²) in [6.45, 7) is 5.70. The fourth-order valence-corrected chi connectivity index (χ4v) is 2.15. The molecule has 0 radical (unpaired) electrons. The Labute approximate surface area is 98.3 Å². The Bertz CT molecular complexity index is 448. The van der Waals surface area contributed by atoms with Gasteiger partial charge < -0.3 is 5.32 Å². The largest absolute Gasteiger partial charge is 0.311 e. The van der Waals surface area contributed by atoms with Crippen molar-refractivity contribution in [1.29, 1.82) is 0 Å². The van der Waals surface area contributed by atoms with Crippen molar-refractivity contribution < 1.29 is 0 Å². The lowest BCUT2D eigenvalue weighted by molar-refractivity contribution is 0.674. The maximum Gasteiger partial charge on any atom is 0.151 e. The molecular weight excluding hydrogens is 222 g/mol. The summed E-state index contributed by atoms with van der Waals surface area (Å²) in [7, 11) is 0. The first-order chi connectivity index (χ1) is 7.75. The zero-order valence-corrected chi connectivity index (χ0v) is 10.3. The normalized spacial score (nSPS) is 10.9. The number of hydrogen-bond acceptors (Lipinski definition) is 5. The van der Waals surface area contributed by atoms with E-state index in [1.807, 2.05) is 19.4 Å². The van der Waals surface area contributed by atoms with E-state index in [2.05, 4.69) is 25.5 Å². The zero-order valence-electron chi connectivity index (χ0n) is 9.45. The standard InChI is InChI=1S/C10H15N5S/c1-7-9(16-6-12-7)5-11-4-3-10-13-8(2)14-15-10/h6,11H,3-5H2,1-2H3,(H,13,14,15). The second-order valence-electron chi connectivity index (χ2n) is 3.62. The van der Waals surface area contributed by atoms with Gasteiger partial charge in [-0.25, -0.2) is 9.97 Å². The molecule has 16 heavy (non-hydrogen) atoms. The molecule has 2 N–H and O–H groups in total. The Hall–Kier alpha value is -1.27. The third-order valence-electron chi connectivity index (χ3n) is 2.30. The summed E-state index contributed by atoms with van der Waals surface area (Å²) in [5.41, 5.74) is 3.00. The molecule has 0 aliphatic rings. The molecule has 0 spiro atoms. The molecule has 0 aromatic carbocycles. The molecule has 2 aromatic rings. The molecule has 0 saturated heterocycles. The number of thiazole rings is 1. The van der Waals surface area contributed by atoms with Gasteiger partial charge in [-0.2, -0.15) is 5.10 Å². The third kappa shape index (κ3) is 2.86. The minimum Gasteiger partial charge on any atom is -0.311 e. The van der Waals surface area contributed by atoms with Crippen molar-refractivity contribution in [3.8, 4) is 0 Å². The van der Waals surface area contributed by atoms with E-state index in [9.17, 15) is 0 Å². The molecule has 0 saturated carbocycles. The number of aryl methyl sites for hydroxylation is 2. The van der Waals surface area contributed by atoms with Gasteiger partial charge in [0.15, 0.2) is 5.82 Å². The van der Waals surface area contributed by atoms with Crippen LogP contribution in [-0.2, 0) is 13.0 Å². The lowest BCUT2D eigenvalue weighted by Gasteiger charge is -2.01. The van der Waals surface area contributed by atoms with E-state index in [-0.39, 0.29) is 0 Å². The highest BCUT2D eigenvalue weighted by Gasteiger charge is 2.02. The number of hydrogen-bond donors (Lipinski definition) is 2. The Morgan fingerprint density at radius 3 is 2.94 bits per heavy atom. The van der Waals surface area contributed by atoms with Gasteiger partial charge in [0.25, 0.3) is 0 Å². The van der Waals surface area contributed by atoms with Crippen LogP contribution in [0.5, 0.6) is 0 Å². The van der Waals surface area contributed by atoms with Gasteiger partial charge in [-0.05, 0) is 13.8 Å². The minimum atomic E-state index is 0.849. The van der Waals surface area contributed by atoms with Gasteiger partial charge in [-0.15, -0.1) is 11.3 Å². The van der Waals surface area contributed by atoms with Crippen LogP contribution in [0.1, 0.15) is 22.2 Å². The molecule has 2 rings (SSSR count). The monoisotopic (exact) mass is 237 g/mol. The first-order valence-corrected chi connectivity index (χ1v) is 6.11. The fourth-order valence-electron chi connectivity index (χ4n) is 1.40. The van der Waals surface area contributed by atoms with E-state index in [0.29, 0.717) is 0 Å². The van der Waals surface area contributed by atoms with Crippen LogP contribution in [0.3, 0.4) is 0 Å². The van der Waals surface area contributed by atoms with Crippen LogP contribution in [0.25, 0.3) is 0 Å². The van der Waals surface area contributed by atoms with Crippen molar-refractivity contribution in [2.75, 3.05) is 6.54 Å². The van der Waals surface area contributed by atoms with Crippen molar-refractivity contribution >= 4 is 11.3 Å². The molecule has 0 aliphatic carbocycles. The topological polar surface area (TPSA) is 66.5 Å². The van der Waals surface area contributed by atoms with E-state index < -0.39 is 0 Å². The first kappa shape index (κ1) is 11.2. The molecule has 2 heterocycles. The Morgan fingerprint density at radius 1 is 1.44 bits per heavy atom. The van der Waals surface area contributed by atoms with Gasteiger partial charge in [-0.3, -0.25) is 5.10 Å². The van der Waals surface area contributed by atoms with Crippen LogP contribution in [0.15, 0.2) is 5.51 Å². The summed E-state index contributed by atoms with van der Waals surface area (Å²) in [5, 5.41) is 10.3.